The van der Waals surface area contributed by atoms with Gasteiger partial charge in [-0.25, -0.2) is 0 Å². The van der Waals surface area contributed by atoms with Crippen molar-refractivity contribution < 1.29 is 9.53 Å². The zero-order valence-corrected chi connectivity index (χ0v) is 12.3. The Kier molecular flexibility index (Phi) is 4.35. The average Bonchev–Trinajstić information content (AvgIpc) is 3.13. The summed E-state index contributed by atoms with van der Waals surface area (Å²) in [6, 6.07) is 8.18. The van der Waals surface area contributed by atoms with Crippen LogP contribution in [0, 0.1) is 0 Å². The Morgan fingerprint density at radius 1 is 1.32 bits per heavy atom. The summed E-state index contributed by atoms with van der Waals surface area (Å²) in [6.45, 7) is 0.702. The largest absolute Gasteiger partial charge is 0.368 e. The lowest BCUT2D eigenvalue weighted by Gasteiger charge is -2.13. The van der Waals surface area contributed by atoms with Crippen molar-refractivity contribution >= 4 is 35.1 Å². The van der Waals surface area contributed by atoms with E-state index < -0.39 is 0 Å². The minimum Gasteiger partial charge on any atom is -0.368 e. The van der Waals surface area contributed by atoms with Gasteiger partial charge in [0.05, 0.1) is 4.58 Å². The quantitative estimate of drug-likeness (QED) is 0.928. The Morgan fingerprint density at radius 2 is 2.16 bits per heavy atom. The van der Waals surface area contributed by atoms with E-state index >= 15 is 0 Å². The van der Waals surface area contributed by atoms with Gasteiger partial charge in [-0.2, -0.15) is 0 Å². The summed E-state index contributed by atoms with van der Waals surface area (Å²) >= 11 is 3.95. The van der Waals surface area contributed by atoms with E-state index in [0.717, 1.165) is 18.5 Å². The molecule has 2 fully saturated rings. The fourth-order valence-corrected chi connectivity index (χ4v) is 5.16. The Labute approximate surface area is 121 Å². The molecule has 0 radical (unpaired) electrons. The van der Waals surface area contributed by atoms with E-state index in [-0.39, 0.29) is 12.0 Å². The summed E-state index contributed by atoms with van der Waals surface area (Å²) in [7, 11) is 0. The molecule has 1 unspecified atom stereocenters. The molecular formula is C14H17NO2S2. The lowest BCUT2D eigenvalue weighted by atomic mass is 10.2. The van der Waals surface area contributed by atoms with Gasteiger partial charge in [-0.1, -0.05) is 12.1 Å². The highest BCUT2D eigenvalue weighted by atomic mass is 32.2. The van der Waals surface area contributed by atoms with Crippen molar-refractivity contribution in [2.75, 3.05) is 23.4 Å². The molecule has 5 heteroatoms. The number of benzene rings is 1. The lowest BCUT2D eigenvalue weighted by Crippen LogP contribution is -2.26. The fraction of sp³-hybridized carbons (Fsp3) is 0.500. The summed E-state index contributed by atoms with van der Waals surface area (Å²) in [6.07, 6.45) is 1.55. The van der Waals surface area contributed by atoms with Crippen LogP contribution in [0.3, 0.4) is 0 Å². The number of carbonyl (C=O) groups is 1. The van der Waals surface area contributed by atoms with E-state index in [1.807, 2.05) is 35.7 Å². The Balaban J connectivity index is 1.66. The molecule has 1 atom stereocenters. The first kappa shape index (κ1) is 13.3. The van der Waals surface area contributed by atoms with Gasteiger partial charge in [-0.15, -0.1) is 23.5 Å². The van der Waals surface area contributed by atoms with Crippen molar-refractivity contribution in [2.45, 2.75) is 23.5 Å². The summed E-state index contributed by atoms with van der Waals surface area (Å²) in [5, 5.41) is 2.97. The van der Waals surface area contributed by atoms with Crippen LogP contribution in [0.1, 0.15) is 23.0 Å². The van der Waals surface area contributed by atoms with Gasteiger partial charge in [0, 0.05) is 23.8 Å². The van der Waals surface area contributed by atoms with Crippen LogP contribution in [0.4, 0.5) is 5.69 Å². The maximum Gasteiger partial charge on any atom is 0.253 e. The normalized spacial score (nSPS) is 23.7. The first-order chi connectivity index (χ1) is 9.33. The van der Waals surface area contributed by atoms with Crippen LogP contribution in [0.25, 0.3) is 0 Å². The van der Waals surface area contributed by atoms with Crippen molar-refractivity contribution in [1.29, 1.82) is 0 Å². The molecule has 2 aliphatic heterocycles. The van der Waals surface area contributed by atoms with Gasteiger partial charge in [0.25, 0.3) is 5.91 Å². The summed E-state index contributed by atoms with van der Waals surface area (Å²) in [5.74, 6) is 2.41. The third-order valence-electron chi connectivity index (χ3n) is 3.27. The van der Waals surface area contributed by atoms with E-state index in [4.69, 9.17) is 4.74 Å². The molecule has 1 amide bonds. The fourth-order valence-electron chi connectivity index (χ4n) is 2.32. The standard InChI is InChI=1S/C14H17NO2S2/c16-13(12-5-2-6-17-12)15-11-4-1-3-10(9-11)14-18-7-8-19-14/h1,3-4,9,12,14H,2,5-8H2,(H,15,16). The maximum absolute atomic E-state index is 12.0. The molecule has 19 heavy (non-hydrogen) atoms. The van der Waals surface area contributed by atoms with Crippen molar-refractivity contribution in [1.82, 2.24) is 0 Å². The number of carbonyl (C=O) groups excluding carboxylic acids is 1. The minimum atomic E-state index is -0.265. The second kappa shape index (κ2) is 6.20. The predicted octanol–water partition coefficient (Wildman–Crippen LogP) is 3.28. The predicted molar refractivity (Wildman–Crippen MR) is 81.7 cm³/mol. The second-order valence-corrected chi connectivity index (χ2v) is 7.41. The van der Waals surface area contributed by atoms with Gasteiger partial charge in [0.15, 0.2) is 0 Å². The maximum atomic E-state index is 12.0. The van der Waals surface area contributed by atoms with Crippen LogP contribution in [0.15, 0.2) is 24.3 Å². The monoisotopic (exact) mass is 295 g/mol. The topological polar surface area (TPSA) is 38.3 Å². The Morgan fingerprint density at radius 3 is 2.89 bits per heavy atom. The van der Waals surface area contributed by atoms with E-state index in [1.165, 1.54) is 17.1 Å². The molecular weight excluding hydrogens is 278 g/mol. The SMILES string of the molecule is O=C(Nc1cccc(C2SCCS2)c1)C1CCCO1. The molecule has 1 aromatic carbocycles. The van der Waals surface area contributed by atoms with E-state index in [1.54, 1.807) is 0 Å². The average molecular weight is 295 g/mol. The van der Waals surface area contributed by atoms with Crippen molar-refractivity contribution in [3.05, 3.63) is 29.8 Å². The molecule has 0 saturated carbocycles. The third-order valence-corrected chi connectivity index (χ3v) is 6.37. The number of ether oxygens (including phenoxy) is 1. The van der Waals surface area contributed by atoms with Gasteiger partial charge >= 0.3 is 0 Å². The van der Waals surface area contributed by atoms with Crippen molar-refractivity contribution in [2.24, 2.45) is 0 Å². The summed E-state index contributed by atoms with van der Waals surface area (Å²) in [4.78, 5) is 12.0. The third kappa shape index (κ3) is 3.27. The number of thioether (sulfide) groups is 2. The van der Waals surface area contributed by atoms with Gasteiger partial charge in [-0.3, -0.25) is 4.79 Å². The number of amides is 1. The van der Waals surface area contributed by atoms with Crippen LogP contribution in [0.2, 0.25) is 0 Å². The summed E-state index contributed by atoms with van der Waals surface area (Å²) in [5.41, 5.74) is 2.17. The molecule has 0 spiro atoms. The molecule has 0 aliphatic carbocycles. The minimum absolute atomic E-state index is 0.0126. The van der Waals surface area contributed by atoms with Gasteiger partial charge in [-0.05, 0) is 30.5 Å². The summed E-state index contributed by atoms with van der Waals surface area (Å²) < 4.78 is 5.91. The van der Waals surface area contributed by atoms with Gasteiger partial charge < -0.3 is 10.1 Å². The zero-order valence-electron chi connectivity index (χ0n) is 10.6. The number of nitrogens with one attached hydrogen (secondary N) is 1. The molecule has 2 heterocycles. The molecule has 1 aromatic rings. The number of rotatable bonds is 3. The molecule has 0 aromatic heterocycles. The number of hydrogen-bond donors (Lipinski definition) is 1. The Hall–Kier alpha value is -0.650. The number of anilines is 1. The van der Waals surface area contributed by atoms with Crippen LogP contribution < -0.4 is 5.32 Å². The van der Waals surface area contributed by atoms with Crippen molar-refractivity contribution in [3.63, 3.8) is 0 Å². The number of hydrogen-bond acceptors (Lipinski definition) is 4. The molecule has 0 bridgehead atoms. The van der Waals surface area contributed by atoms with Crippen LogP contribution in [0.5, 0.6) is 0 Å². The molecule has 1 N–H and O–H groups in total. The highest BCUT2D eigenvalue weighted by Crippen LogP contribution is 2.45. The van der Waals surface area contributed by atoms with E-state index in [9.17, 15) is 4.79 Å². The zero-order chi connectivity index (χ0) is 13.1. The first-order valence-electron chi connectivity index (χ1n) is 6.58. The molecule has 3 rings (SSSR count). The molecule has 3 nitrogen and oxygen atoms in total. The van der Waals surface area contributed by atoms with Crippen LogP contribution in [-0.2, 0) is 9.53 Å². The second-order valence-electron chi connectivity index (χ2n) is 4.69. The van der Waals surface area contributed by atoms with Crippen LogP contribution in [-0.4, -0.2) is 30.1 Å². The highest BCUT2D eigenvalue weighted by molar-refractivity contribution is 8.19. The van der Waals surface area contributed by atoms with Gasteiger partial charge in [0.2, 0.25) is 0 Å². The molecule has 102 valence electrons. The first-order valence-corrected chi connectivity index (χ1v) is 8.68. The molecule has 2 aliphatic rings. The lowest BCUT2D eigenvalue weighted by molar-refractivity contribution is -0.124. The molecule has 2 saturated heterocycles. The highest BCUT2D eigenvalue weighted by Gasteiger charge is 2.24. The van der Waals surface area contributed by atoms with E-state index in [2.05, 4.69) is 17.4 Å². The smallest absolute Gasteiger partial charge is 0.253 e. The van der Waals surface area contributed by atoms with Crippen LogP contribution >= 0.6 is 23.5 Å². The van der Waals surface area contributed by atoms with Crippen molar-refractivity contribution in [3.8, 4) is 0 Å². The van der Waals surface area contributed by atoms with Gasteiger partial charge in [0.1, 0.15) is 6.10 Å². The Bertz CT molecular complexity index is 455. The van der Waals surface area contributed by atoms with E-state index in [0.29, 0.717) is 11.2 Å².